The summed E-state index contributed by atoms with van der Waals surface area (Å²) in [5.74, 6) is 0. The Balaban J connectivity index is 0.000000217. The van der Waals surface area contributed by atoms with E-state index in [9.17, 15) is 4.79 Å². The minimum atomic E-state index is -0.0833. The van der Waals surface area contributed by atoms with Crippen molar-refractivity contribution < 1.29 is 14.3 Å². The lowest BCUT2D eigenvalue weighted by Crippen LogP contribution is -2.04. The first-order valence-electron chi connectivity index (χ1n) is 4.49. The standard InChI is InChI=1S/C5H8O2.C4H10O/c6-4-5-2-1-3-7-5;1-3-5-4-2/h4-5H,1-3H2;3-4H2,1-2H3. The highest BCUT2D eigenvalue weighted by Gasteiger charge is 2.12. The van der Waals surface area contributed by atoms with Crippen molar-refractivity contribution in [3.05, 3.63) is 0 Å². The second-order valence-corrected chi connectivity index (χ2v) is 2.47. The van der Waals surface area contributed by atoms with Crippen molar-refractivity contribution in [3.63, 3.8) is 0 Å². The maximum Gasteiger partial charge on any atom is 0.148 e. The van der Waals surface area contributed by atoms with Crippen LogP contribution in [-0.2, 0) is 14.3 Å². The molecule has 0 radical (unpaired) electrons. The Bertz CT molecular complexity index is 95.9. The monoisotopic (exact) mass is 174 g/mol. The summed E-state index contributed by atoms with van der Waals surface area (Å²) in [7, 11) is 0. The fraction of sp³-hybridized carbons (Fsp3) is 0.889. The number of hydrogen-bond acceptors (Lipinski definition) is 3. The van der Waals surface area contributed by atoms with Crippen LogP contribution in [0.1, 0.15) is 26.7 Å². The third-order valence-corrected chi connectivity index (χ3v) is 1.52. The van der Waals surface area contributed by atoms with E-state index in [4.69, 9.17) is 9.47 Å². The molecule has 0 spiro atoms. The van der Waals surface area contributed by atoms with Gasteiger partial charge in [0.2, 0.25) is 0 Å². The van der Waals surface area contributed by atoms with Gasteiger partial charge in [0.05, 0.1) is 0 Å². The van der Waals surface area contributed by atoms with Crippen LogP contribution in [0.4, 0.5) is 0 Å². The Morgan fingerprint density at radius 3 is 2.33 bits per heavy atom. The first kappa shape index (κ1) is 11.6. The average Bonchev–Trinajstić information content (AvgIpc) is 2.58. The molecule has 1 fully saturated rings. The van der Waals surface area contributed by atoms with Crippen molar-refractivity contribution >= 4 is 6.29 Å². The van der Waals surface area contributed by atoms with E-state index in [1.54, 1.807) is 0 Å². The van der Waals surface area contributed by atoms with E-state index < -0.39 is 0 Å². The molecule has 72 valence electrons. The van der Waals surface area contributed by atoms with Crippen LogP contribution >= 0.6 is 0 Å². The number of carbonyl (C=O) groups excluding carboxylic acids is 1. The van der Waals surface area contributed by atoms with Crippen molar-refractivity contribution in [1.82, 2.24) is 0 Å². The maximum absolute atomic E-state index is 9.88. The molecule has 1 rings (SSSR count). The van der Waals surface area contributed by atoms with Crippen LogP contribution in [0.3, 0.4) is 0 Å². The highest BCUT2D eigenvalue weighted by molar-refractivity contribution is 5.56. The lowest BCUT2D eigenvalue weighted by molar-refractivity contribution is -0.115. The van der Waals surface area contributed by atoms with E-state index in [1.165, 1.54) is 0 Å². The van der Waals surface area contributed by atoms with Crippen molar-refractivity contribution in [2.24, 2.45) is 0 Å². The molecule has 0 aromatic rings. The third-order valence-electron chi connectivity index (χ3n) is 1.52. The number of carbonyl (C=O) groups is 1. The highest BCUT2D eigenvalue weighted by atomic mass is 16.5. The molecule has 1 aliphatic rings. The number of aldehydes is 1. The summed E-state index contributed by atoms with van der Waals surface area (Å²) in [5, 5.41) is 0. The van der Waals surface area contributed by atoms with Gasteiger partial charge in [0.15, 0.2) is 0 Å². The molecular formula is C9H18O3. The predicted molar refractivity (Wildman–Crippen MR) is 47.2 cm³/mol. The first-order chi connectivity index (χ1) is 5.85. The van der Waals surface area contributed by atoms with Crippen LogP contribution in [0, 0.1) is 0 Å². The molecule has 3 heteroatoms. The van der Waals surface area contributed by atoms with Crippen LogP contribution in [0.25, 0.3) is 0 Å². The number of hydrogen-bond donors (Lipinski definition) is 0. The minimum absolute atomic E-state index is 0.0833. The zero-order valence-corrected chi connectivity index (χ0v) is 7.91. The van der Waals surface area contributed by atoms with Gasteiger partial charge >= 0.3 is 0 Å². The van der Waals surface area contributed by atoms with Gasteiger partial charge in [-0.2, -0.15) is 0 Å². The van der Waals surface area contributed by atoms with Gasteiger partial charge in [-0.1, -0.05) is 0 Å². The second kappa shape index (κ2) is 8.68. The molecule has 0 saturated carbocycles. The van der Waals surface area contributed by atoms with Gasteiger partial charge in [-0.15, -0.1) is 0 Å². The highest BCUT2D eigenvalue weighted by Crippen LogP contribution is 2.08. The minimum Gasteiger partial charge on any atom is -0.382 e. The Kier molecular flexibility index (Phi) is 8.39. The molecule has 1 unspecified atom stereocenters. The molecule has 1 saturated heterocycles. The summed E-state index contributed by atoms with van der Waals surface area (Å²) < 4.78 is 9.77. The quantitative estimate of drug-likeness (QED) is 0.607. The summed E-state index contributed by atoms with van der Waals surface area (Å²) in [6.45, 7) is 6.43. The van der Waals surface area contributed by atoms with E-state index in [0.29, 0.717) is 0 Å². The molecule has 1 heterocycles. The first-order valence-corrected chi connectivity index (χ1v) is 4.49. The van der Waals surface area contributed by atoms with E-state index in [0.717, 1.165) is 38.9 Å². The Morgan fingerprint density at radius 2 is 2.17 bits per heavy atom. The van der Waals surface area contributed by atoms with Crippen molar-refractivity contribution in [3.8, 4) is 0 Å². The fourth-order valence-electron chi connectivity index (χ4n) is 0.914. The SMILES string of the molecule is CCOCC.O=CC1CCCO1. The van der Waals surface area contributed by atoms with E-state index in [1.807, 2.05) is 13.8 Å². The van der Waals surface area contributed by atoms with Crippen LogP contribution in [0.2, 0.25) is 0 Å². The topological polar surface area (TPSA) is 35.5 Å². The molecule has 3 nitrogen and oxygen atoms in total. The van der Waals surface area contributed by atoms with Crippen molar-refractivity contribution in [2.45, 2.75) is 32.8 Å². The summed E-state index contributed by atoms with van der Waals surface area (Å²) >= 11 is 0. The van der Waals surface area contributed by atoms with E-state index >= 15 is 0 Å². The van der Waals surface area contributed by atoms with Crippen LogP contribution in [0.15, 0.2) is 0 Å². The maximum atomic E-state index is 9.88. The van der Waals surface area contributed by atoms with Crippen molar-refractivity contribution in [1.29, 1.82) is 0 Å². The molecule has 0 aromatic carbocycles. The molecule has 12 heavy (non-hydrogen) atoms. The number of ether oxygens (including phenoxy) is 2. The van der Waals surface area contributed by atoms with Crippen LogP contribution in [0.5, 0.6) is 0 Å². The van der Waals surface area contributed by atoms with Gasteiger partial charge in [0, 0.05) is 19.8 Å². The van der Waals surface area contributed by atoms with Gasteiger partial charge in [0.1, 0.15) is 12.4 Å². The molecule has 1 aliphatic heterocycles. The van der Waals surface area contributed by atoms with E-state index in [2.05, 4.69) is 0 Å². The summed E-state index contributed by atoms with van der Waals surface area (Å²) in [6.07, 6.45) is 2.75. The molecule has 0 aromatic heterocycles. The lowest BCUT2D eigenvalue weighted by Gasteiger charge is -1.93. The molecule has 0 amide bonds. The zero-order chi connectivity index (χ0) is 9.23. The fourth-order valence-corrected chi connectivity index (χ4v) is 0.914. The molecule has 0 N–H and O–H groups in total. The predicted octanol–water partition coefficient (Wildman–Crippen LogP) is 1.41. The summed E-state index contributed by atoms with van der Waals surface area (Å²) in [4.78, 5) is 9.88. The summed E-state index contributed by atoms with van der Waals surface area (Å²) in [6, 6.07) is 0. The van der Waals surface area contributed by atoms with Gasteiger partial charge < -0.3 is 14.3 Å². The van der Waals surface area contributed by atoms with Crippen LogP contribution in [-0.4, -0.2) is 32.2 Å². The normalized spacial score (nSPS) is 21.3. The largest absolute Gasteiger partial charge is 0.382 e. The Morgan fingerprint density at radius 1 is 1.50 bits per heavy atom. The smallest absolute Gasteiger partial charge is 0.148 e. The van der Waals surface area contributed by atoms with Crippen molar-refractivity contribution in [2.75, 3.05) is 19.8 Å². The second-order valence-electron chi connectivity index (χ2n) is 2.47. The van der Waals surface area contributed by atoms with Gasteiger partial charge in [-0.3, -0.25) is 0 Å². The molecular weight excluding hydrogens is 156 g/mol. The third kappa shape index (κ3) is 6.31. The number of rotatable bonds is 3. The van der Waals surface area contributed by atoms with Gasteiger partial charge in [0.25, 0.3) is 0 Å². The van der Waals surface area contributed by atoms with Crippen LogP contribution < -0.4 is 0 Å². The van der Waals surface area contributed by atoms with E-state index in [-0.39, 0.29) is 6.10 Å². The van der Waals surface area contributed by atoms with Gasteiger partial charge in [-0.25, -0.2) is 0 Å². The molecule has 1 atom stereocenters. The summed E-state index contributed by atoms with van der Waals surface area (Å²) in [5.41, 5.74) is 0. The average molecular weight is 174 g/mol. The Hall–Kier alpha value is -0.410. The van der Waals surface area contributed by atoms with Gasteiger partial charge in [-0.05, 0) is 26.7 Å². The zero-order valence-electron chi connectivity index (χ0n) is 7.91. The lowest BCUT2D eigenvalue weighted by atomic mass is 10.3. The Labute approximate surface area is 74.0 Å². The molecule has 0 bridgehead atoms. The molecule has 0 aliphatic carbocycles.